The topological polar surface area (TPSA) is 18.5 Å². The molecule has 3 heteroatoms. The van der Waals surface area contributed by atoms with E-state index in [4.69, 9.17) is 0 Å². The Morgan fingerprint density at radius 3 is 2.25 bits per heavy atom. The van der Waals surface area contributed by atoms with Gasteiger partial charge in [0.1, 0.15) is 0 Å². The Balaban J connectivity index is 1.45. The standard InChI is InChI=1S/C17H33N3/c1-2-18-17(15-6-4-3-5-7-15)14-19-10-12-20(13-11-19)16-8-9-16/h15-18H,2-14H2,1H3. The van der Waals surface area contributed by atoms with Gasteiger partial charge >= 0.3 is 0 Å². The maximum absolute atomic E-state index is 3.79. The van der Waals surface area contributed by atoms with Crippen LogP contribution in [0.15, 0.2) is 0 Å². The third-order valence-electron chi connectivity index (χ3n) is 5.61. The van der Waals surface area contributed by atoms with Gasteiger partial charge in [-0.2, -0.15) is 0 Å². The minimum atomic E-state index is 0.743. The maximum Gasteiger partial charge on any atom is 0.0223 e. The summed E-state index contributed by atoms with van der Waals surface area (Å²) >= 11 is 0. The van der Waals surface area contributed by atoms with Crippen molar-refractivity contribution in [3.05, 3.63) is 0 Å². The van der Waals surface area contributed by atoms with Crippen LogP contribution in [0.2, 0.25) is 0 Å². The molecule has 3 aliphatic rings. The molecule has 1 aliphatic heterocycles. The van der Waals surface area contributed by atoms with Gasteiger partial charge in [-0.25, -0.2) is 0 Å². The van der Waals surface area contributed by atoms with Gasteiger partial charge in [-0.15, -0.1) is 0 Å². The third-order valence-corrected chi connectivity index (χ3v) is 5.61. The van der Waals surface area contributed by atoms with Gasteiger partial charge in [-0.05, 0) is 38.1 Å². The molecule has 0 amide bonds. The molecule has 0 aromatic rings. The molecular weight excluding hydrogens is 246 g/mol. The van der Waals surface area contributed by atoms with Crippen LogP contribution >= 0.6 is 0 Å². The first-order valence-electron chi connectivity index (χ1n) is 9.06. The summed E-state index contributed by atoms with van der Waals surface area (Å²) in [4.78, 5) is 5.44. The predicted octanol–water partition coefficient (Wildman–Crippen LogP) is 2.32. The Morgan fingerprint density at radius 1 is 0.950 bits per heavy atom. The molecule has 2 saturated carbocycles. The zero-order valence-corrected chi connectivity index (χ0v) is 13.3. The van der Waals surface area contributed by atoms with Crippen molar-refractivity contribution >= 4 is 0 Å². The number of nitrogens with zero attached hydrogens (tertiary/aromatic N) is 2. The molecule has 0 spiro atoms. The van der Waals surface area contributed by atoms with Crippen molar-refractivity contribution in [3.8, 4) is 0 Å². The number of piperazine rings is 1. The van der Waals surface area contributed by atoms with Crippen LogP contribution in [0.3, 0.4) is 0 Å². The molecule has 1 N–H and O–H groups in total. The van der Waals surface area contributed by atoms with Gasteiger partial charge in [0.25, 0.3) is 0 Å². The van der Waals surface area contributed by atoms with E-state index >= 15 is 0 Å². The summed E-state index contributed by atoms with van der Waals surface area (Å²) in [5.41, 5.74) is 0. The van der Waals surface area contributed by atoms with Gasteiger partial charge in [0.05, 0.1) is 0 Å². The lowest BCUT2D eigenvalue weighted by Gasteiger charge is -2.39. The summed E-state index contributed by atoms with van der Waals surface area (Å²) in [7, 11) is 0. The van der Waals surface area contributed by atoms with Crippen LogP contribution in [0.5, 0.6) is 0 Å². The highest BCUT2D eigenvalue weighted by molar-refractivity contribution is 4.89. The highest BCUT2D eigenvalue weighted by Crippen LogP contribution is 2.29. The Labute approximate surface area is 125 Å². The summed E-state index contributed by atoms with van der Waals surface area (Å²) in [5, 5.41) is 3.79. The van der Waals surface area contributed by atoms with E-state index in [1.165, 1.54) is 77.7 Å². The second-order valence-electron chi connectivity index (χ2n) is 7.13. The van der Waals surface area contributed by atoms with Crippen molar-refractivity contribution in [2.45, 2.75) is 64.0 Å². The summed E-state index contributed by atoms with van der Waals surface area (Å²) in [6.45, 7) is 9.90. The molecule has 1 unspecified atom stereocenters. The largest absolute Gasteiger partial charge is 0.313 e. The number of nitrogens with one attached hydrogen (secondary N) is 1. The molecule has 20 heavy (non-hydrogen) atoms. The van der Waals surface area contributed by atoms with Crippen molar-refractivity contribution in [3.63, 3.8) is 0 Å². The molecule has 2 aliphatic carbocycles. The van der Waals surface area contributed by atoms with E-state index in [1.54, 1.807) is 0 Å². The SMILES string of the molecule is CCNC(CN1CCN(C2CC2)CC1)C1CCCCC1. The Morgan fingerprint density at radius 2 is 1.65 bits per heavy atom. The Kier molecular flexibility index (Phi) is 5.36. The molecular formula is C17H33N3. The van der Waals surface area contributed by atoms with Gasteiger partial charge in [0, 0.05) is 44.8 Å². The van der Waals surface area contributed by atoms with E-state index < -0.39 is 0 Å². The smallest absolute Gasteiger partial charge is 0.0223 e. The Hall–Kier alpha value is -0.120. The zero-order valence-electron chi connectivity index (χ0n) is 13.3. The first-order chi connectivity index (χ1) is 9.86. The monoisotopic (exact) mass is 279 g/mol. The molecule has 0 bridgehead atoms. The minimum absolute atomic E-state index is 0.743. The molecule has 3 rings (SSSR count). The van der Waals surface area contributed by atoms with Crippen LogP contribution in [-0.2, 0) is 0 Å². The van der Waals surface area contributed by atoms with Crippen LogP contribution in [0, 0.1) is 5.92 Å². The molecule has 116 valence electrons. The minimum Gasteiger partial charge on any atom is -0.313 e. The first-order valence-corrected chi connectivity index (χ1v) is 9.06. The third kappa shape index (κ3) is 3.96. The zero-order chi connectivity index (χ0) is 13.8. The molecule has 3 fully saturated rings. The average molecular weight is 279 g/mol. The van der Waals surface area contributed by atoms with Crippen LogP contribution in [0.1, 0.15) is 51.9 Å². The van der Waals surface area contributed by atoms with E-state index in [-0.39, 0.29) is 0 Å². The summed E-state index contributed by atoms with van der Waals surface area (Å²) in [6, 6.07) is 1.70. The second kappa shape index (κ2) is 7.24. The lowest BCUT2D eigenvalue weighted by atomic mass is 9.83. The maximum atomic E-state index is 3.79. The van der Waals surface area contributed by atoms with Crippen molar-refractivity contribution in [2.75, 3.05) is 39.3 Å². The van der Waals surface area contributed by atoms with Crippen LogP contribution in [0.25, 0.3) is 0 Å². The van der Waals surface area contributed by atoms with E-state index in [1.807, 2.05) is 0 Å². The highest BCUT2D eigenvalue weighted by Gasteiger charge is 2.32. The highest BCUT2D eigenvalue weighted by atomic mass is 15.3. The molecule has 1 heterocycles. The Bertz CT molecular complexity index is 276. The average Bonchev–Trinajstić information content (AvgIpc) is 3.33. The second-order valence-corrected chi connectivity index (χ2v) is 7.13. The lowest BCUT2D eigenvalue weighted by Crippen LogP contribution is -2.53. The van der Waals surface area contributed by atoms with E-state index in [0.717, 1.165) is 24.5 Å². The molecule has 0 aromatic heterocycles. The van der Waals surface area contributed by atoms with E-state index in [0.29, 0.717) is 0 Å². The summed E-state index contributed by atoms with van der Waals surface area (Å²) in [5.74, 6) is 0.935. The van der Waals surface area contributed by atoms with Gasteiger partial charge in [0.2, 0.25) is 0 Å². The quantitative estimate of drug-likeness (QED) is 0.805. The van der Waals surface area contributed by atoms with Crippen molar-refractivity contribution in [1.29, 1.82) is 0 Å². The van der Waals surface area contributed by atoms with Crippen molar-refractivity contribution in [2.24, 2.45) is 5.92 Å². The molecule has 1 atom stereocenters. The van der Waals surface area contributed by atoms with Crippen molar-refractivity contribution < 1.29 is 0 Å². The van der Waals surface area contributed by atoms with Crippen molar-refractivity contribution in [1.82, 2.24) is 15.1 Å². The van der Waals surface area contributed by atoms with E-state index in [2.05, 4.69) is 22.0 Å². The molecule has 0 aromatic carbocycles. The van der Waals surface area contributed by atoms with Crippen LogP contribution < -0.4 is 5.32 Å². The normalized spacial score (nSPS) is 28.6. The number of likely N-dealkylation sites (N-methyl/N-ethyl adjacent to an activating group) is 1. The van der Waals surface area contributed by atoms with Gasteiger partial charge in [-0.3, -0.25) is 9.80 Å². The summed E-state index contributed by atoms with van der Waals surface area (Å²) in [6.07, 6.45) is 10.2. The van der Waals surface area contributed by atoms with E-state index in [9.17, 15) is 0 Å². The fourth-order valence-electron chi connectivity index (χ4n) is 4.21. The molecule has 1 saturated heterocycles. The van der Waals surface area contributed by atoms with Gasteiger partial charge < -0.3 is 5.32 Å². The lowest BCUT2D eigenvalue weighted by molar-refractivity contribution is 0.104. The fourth-order valence-corrected chi connectivity index (χ4v) is 4.21. The van der Waals surface area contributed by atoms with Crippen LogP contribution in [-0.4, -0.2) is 61.2 Å². The van der Waals surface area contributed by atoms with Gasteiger partial charge in [0.15, 0.2) is 0 Å². The fraction of sp³-hybridized carbons (Fsp3) is 1.00. The number of rotatable bonds is 6. The number of hydrogen-bond acceptors (Lipinski definition) is 3. The first kappa shape index (κ1) is 14.8. The van der Waals surface area contributed by atoms with Crippen LogP contribution in [0.4, 0.5) is 0 Å². The predicted molar refractivity (Wildman–Crippen MR) is 85.1 cm³/mol. The molecule has 0 radical (unpaired) electrons. The molecule has 3 nitrogen and oxygen atoms in total. The van der Waals surface area contributed by atoms with Gasteiger partial charge in [-0.1, -0.05) is 26.2 Å². The summed E-state index contributed by atoms with van der Waals surface area (Å²) < 4.78 is 0. The number of hydrogen-bond donors (Lipinski definition) is 1.